The first kappa shape index (κ1) is 19.2. The van der Waals surface area contributed by atoms with Gasteiger partial charge < -0.3 is 25.6 Å². The molecule has 146 valence electrons. The highest BCUT2D eigenvalue weighted by molar-refractivity contribution is 5.98. The van der Waals surface area contributed by atoms with Gasteiger partial charge in [-0.3, -0.25) is 9.59 Å². The van der Waals surface area contributed by atoms with Gasteiger partial charge in [0.2, 0.25) is 11.8 Å². The van der Waals surface area contributed by atoms with Gasteiger partial charge in [0.15, 0.2) is 0 Å². The number of ether oxygens (including phenoxy) is 1. The third kappa shape index (κ3) is 4.79. The van der Waals surface area contributed by atoms with Crippen molar-refractivity contribution in [3.63, 3.8) is 0 Å². The van der Waals surface area contributed by atoms with E-state index in [1.165, 1.54) is 6.92 Å². The Morgan fingerprint density at radius 1 is 1.07 bits per heavy atom. The number of carbonyl (C=O) groups excluding carboxylic acids is 3. The second kappa shape index (κ2) is 8.43. The average Bonchev–Trinajstić information content (AvgIpc) is 3.01. The Morgan fingerprint density at radius 3 is 2.50 bits per heavy atom. The summed E-state index contributed by atoms with van der Waals surface area (Å²) < 4.78 is 5.20. The van der Waals surface area contributed by atoms with Crippen LogP contribution in [0.4, 0.5) is 21.9 Å². The lowest BCUT2D eigenvalue weighted by atomic mass is 10.2. The van der Waals surface area contributed by atoms with E-state index >= 15 is 0 Å². The number of benzene rings is 2. The molecule has 0 saturated carbocycles. The highest BCUT2D eigenvalue weighted by Crippen LogP contribution is 2.25. The van der Waals surface area contributed by atoms with Crippen LogP contribution in [0.5, 0.6) is 5.75 Å². The summed E-state index contributed by atoms with van der Waals surface area (Å²) in [6.07, 6.45) is 0.219. The summed E-state index contributed by atoms with van der Waals surface area (Å²) in [5.74, 6) is 0.411. The van der Waals surface area contributed by atoms with Crippen LogP contribution in [0.3, 0.4) is 0 Å². The summed E-state index contributed by atoms with van der Waals surface area (Å²) >= 11 is 0. The number of nitrogens with zero attached hydrogens (tertiary/aromatic N) is 1. The molecule has 8 heteroatoms. The molecule has 3 rings (SSSR count). The maximum absolute atomic E-state index is 12.3. The van der Waals surface area contributed by atoms with E-state index in [0.29, 0.717) is 23.7 Å². The molecule has 28 heavy (non-hydrogen) atoms. The topological polar surface area (TPSA) is 99.8 Å². The summed E-state index contributed by atoms with van der Waals surface area (Å²) in [6.45, 7) is 1.79. The quantitative estimate of drug-likeness (QED) is 0.740. The molecule has 0 spiro atoms. The summed E-state index contributed by atoms with van der Waals surface area (Å²) in [4.78, 5) is 37.4. The van der Waals surface area contributed by atoms with Gasteiger partial charge in [-0.05, 0) is 30.3 Å². The zero-order valence-electron chi connectivity index (χ0n) is 15.7. The second-order valence-electron chi connectivity index (χ2n) is 6.47. The minimum absolute atomic E-state index is 0.0637. The number of amides is 4. The van der Waals surface area contributed by atoms with E-state index in [4.69, 9.17) is 4.74 Å². The van der Waals surface area contributed by atoms with Crippen LogP contribution in [0.25, 0.3) is 0 Å². The standard InChI is InChI=1S/C20H22N4O4/c1-13(25)21-14-5-3-6-15(9-14)22-20(27)23-16-10-19(26)24(12-16)17-7-4-8-18(11-17)28-2/h3-9,11,16H,10,12H2,1-2H3,(H,21,25)(H2,22,23,27). The number of methoxy groups -OCH3 is 1. The second-order valence-corrected chi connectivity index (χ2v) is 6.47. The molecule has 3 N–H and O–H groups in total. The molecule has 2 aromatic rings. The third-order valence-electron chi connectivity index (χ3n) is 4.27. The van der Waals surface area contributed by atoms with Crippen LogP contribution in [0.1, 0.15) is 13.3 Å². The summed E-state index contributed by atoms with van der Waals surface area (Å²) in [5, 5.41) is 8.19. The first-order valence-corrected chi connectivity index (χ1v) is 8.84. The monoisotopic (exact) mass is 382 g/mol. The predicted octanol–water partition coefficient (Wildman–Crippen LogP) is 2.58. The predicted molar refractivity (Wildman–Crippen MR) is 107 cm³/mol. The van der Waals surface area contributed by atoms with E-state index in [1.54, 1.807) is 42.3 Å². The largest absolute Gasteiger partial charge is 0.497 e. The molecule has 4 amide bonds. The van der Waals surface area contributed by atoms with Gasteiger partial charge in [0.1, 0.15) is 5.75 Å². The van der Waals surface area contributed by atoms with Gasteiger partial charge in [-0.1, -0.05) is 12.1 Å². The van der Waals surface area contributed by atoms with E-state index in [9.17, 15) is 14.4 Å². The lowest BCUT2D eigenvalue weighted by Gasteiger charge is -2.18. The summed E-state index contributed by atoms with van der Waals surface area (Å²) in [7, 11) is 1.57. The Hall–Kier alpha value is -3.55. The Labute approximate surface area is 162 Å². The van der Waals surface area contributed by atoms with E-state index < -0.39 is 6.03 Å². The van der Waals surface area contributed by atoms with Crippen LogP contribution < -0.4 is 25.6 Å². The van der Waals surface area contributed by atoms with E-state index in [1.807, 2.05) is 18.2 Å². The van der Waals surface area contributed by atoms with Crippen LogP contribution >= 0.6 is 0 Å². The van der Waals surface area contributed by atoms with Crippen LogP contribution in [0, 0.1) is 0 Å². The maximum atomic E-state index is 12.3. The van der Waals surface area contributed by atoms with Crippen molar-refractivity contribution < 1.29 is 19.1 Å². The lowest BCUT2D eigenvalue weighted by molar-refractivity contribution is -0.117. The van der Waals surface area contributed by atoms with Gasteiger partial charge in [0, 0.05) is 43.0 Å². The molecule has 1 aliphatic heterocycles. The van der Waals surface area contributed by atoms with Crippen LogP contribution in [0.2, 0.25) is 0 Å². The average molecular weight is 382 g/mol. The first-order valence-electron chi connectivity index (χ1n) is 8.84. The molecule has 0 radical (unpaired) electrons. The van der Waals surface area contributed by atoms with E-state index in [-0.39, 0.29) is 24.3 Å². The number of hydrogen-bond acceptors (Lipinski definition) is 4. The number of carbonyl (C=O) groups is 3. The van der Waals surface area contributed by atoms with Gasteiger partial charge in [-0.2, -0.15) is 0 Å². The molecular formula is C20H22N4O4. The number of anilines is 3. The number of rotatable bonds is 5. The van der Waals surface area contributed by atoms with Crippen molar-refractivity contribution in [2.45, 2.75) is 19.4 Å². The molecule has 1 heterocycles. The fourth-order valence-corrected chi connectivity index (χ4v) is 3.06. The van der Waals surface area contributed by atoms with Crippen LogP contribution in [0.15, 0.2) is 48.5 Å². The van der Waals surface area contributed by atoms with Crippen molar-refractivity contribution in [3.8, 4) is 5.75 Å². The molecular weight excluding hydrogens is 360 g/mol. The molecule has 8 nitrogen and oxygen atoms in total. The smallest absolute Gasteiger partial charge is 0.319 e. The molecule has 1 atom stereocenters. The van der Waals surface area contributed by atoms with Crippen molar-refractivity contribution in [1.82, 2.24) is 5.32 Å². The van der Waals surface area contributed by atoms with Crippen molar-refractivity contribution in [2.24, 2.45) is 0 Å². The maximum Gasteiger partial charge on any atom is 0.319 e. The van der Waals surface area contributed by atoms with Crippen LogP contribution in [-0.2, 0) is 9.59 Å². The lowest BCUT2D eigenvalue weighted by Crippen LogP contribution is -2.39. The summed E-state index contributed by atoms with van der Waals surface area (Å²) in [6, 6.07) is 13.3. The molecule has 2 aromatic carbocycles. The highest BCUT2D eigenvalue weighted by atomic mass is 16.5. The van der Waals surface area contributed by atoms with Crippen molar-refractivity contribution in [1.29, 1.82) is 0 Å². The molecule has 1 fully saturated rings. The van der Waals surface area contributed by atoms with E-state index in [0.717, 1.165) is 5.69 Å². The van der Waals surface area contributed by atoms with Crippen LogP contribution in [-0.4, -0.2) is 37.5 Å². The third-order valence-corrected chi connectivity index (χ3v) is 4.27. The van der Waals surface area contributed by atoms with Gasteiger partial charge in [-0.15, -0.1) is 0 Å². The van der Waals surface area contributed by atoms with Gasteiger partial charge >= 0.3 is 6.03 Å². The van der Waals surface area contributed by atoms with E-state index in [2.05, 4.69) is 16.0 Å². The minimum atomic E-state index is -0.412. The fraction of sp³-hybridized carbons (Fsp3) is 0.250. The molecule has 0 bridgehead atoms. The first-order chi connectivity index (χ1) is 13.4. The molecule has 1 unspecified atom stereocenters. The molecule has 0 aliphatic carbocycles. The zero-order chi connectivity index (χ0) is 20.1. The highest BCUT2D eigenvalue weighted by Gasteiger charge is 2.31. The van der Waals surface area contributed by atoms with Crippen molar-refractivity contribution in [3.05, 3.63) is 48.5 Å². The zero-order valence-corrected chi connectivity index (χ0v) is 15.7. The SMILES string of the molecule is COc1cccc(N2CC(NC(=O)Nc3cccc(NC(C)=O)c3)CC2=O)c1. The molecule has 0 aromatic heterocycles. The number of nitrogens with one attached hydrogen (secondary N) is 3. The normalized spacial score (nSPS) is 15.9. The van der Waals surface area contributed by atoms with Gasteiger partial charge in [0.05, 0.1) is 13.2 Å². The number of hydrogen-bond donors (Lipinski definition) is 3. The summed E-state index contributed by atoms with van der Waals surface area (Å²) in [5.41, 5.74) is 1.86. The molecule has 1 saturated heterocycles. The van der Waals surface area contributed by atoms with Gasteiger partial charge in [0.25, 0.3) is 0 Å². The Bertz CT molecular complexity index is 899. The molecule has 1 aliphatic rings. The van der Waals surface area contributed by atoms with Crippen molar-refractivity contribution in [2.75, 3.05) is 29.2 Å². The Kier molecular flexibility index (Phi) is 5.78. The van der Waals surface area contributed by atoms with Crippen molar-refractivity contribution >= 4 is 34.9 Å². The Balaban J connectivity index is 1.59. The minimum Gasteiger partial charge on any atom is -0.497 e. The van der Waals surface area contributed by atoms with Gasteiger partial charge in [-0.25, -0.2) is 4.79 Å². The fourth-order valence-electron chi connectivity index (χ4n) is 3.06. The number of urea groups is 1. The Morgan fingerprint density at radius 2 is 1.79 bits per heavy atom.